The van der Waals surface area contributed by atoms with Crippen molar-refractivity contribution in [2.45, 2.75) is 26.2 Å². The summed E-state index contributed by atoms with van der Waals surface area (Å²) in [5.74, 6) is -1.93. The van der Waals surface area contributed by atoms with Crippen molar-refractivity contribution in [3.63, 3.8) is 0 Å². The molecule has 2 heterocycles. The molecule has 0 radical (unpaired) electrons. The van der Waals surface area contributed by atoms with Gasteiger partial charge in [-0.25, -0.2) is 14.6 Å². The normalized spacial score (nSPS) is 14.4. The SMILES string of the molecule is COc1cc(NC(NCc2ccc(C#N)cc2)=C2C(=O)OC(C)(C)OC2=O)ccc1-c1cnco1. The first-order valence-corrected chi connectivity index (χ1v) is 10.6. The van der Waals surface area contributed by atoms with E-state index in [2.05, 4.69) is 21.7 Å². The van der Waals surface area contributed by atoms with Crippen molar-refractivity contribution < 1.29 is 28.2 Å². The number of nitrogens with zero attached hydrogens (tertiary/aromatic N) is 2. The molecule has 3 aromatic rings. The van der Waals surface area contributed by atoms with Gasteiger partial charge in [-0.3, -0.25) is 0 Å². The Morgan fingerprint density at radius 2 is 1.83 bits per heavy atom. The molecule has 1 aliphatic heterocycles. The van der Waals surface area contributed by atoms with E-state index in [1.807, 2.05) is 0 Å². The Morgan fingerprint density at radius 3 is 2.43 bits per heavy atom. The zero-order valence-electron chi connectivity index (χ0n) is 19.2. The van der Waals surface area contributed by atoms with Crippen LogP contribution < -0.4 is 15.4 Å². The Morgan fingerprint density at radius 1 is 1.11 bits per heavy atom. The van der Waals surface area contributed by atoms with Gasteiger partial charge in [0.2, 0.25) is 0 Å². The van der Waals surface area contributed by atoms with E-state index in [4.69, 9.17) is 23.9 Å². The van der Waals surface area contributed by atoms with E-state index >= 15 is 0 Å². The topological polar surface area (TPSA) is 136 Å². The predicted molar refractivity (Wildman–Crippen MR) is 123 cm³/mol. The van der Waals surface area contributed by atoms with E-state index in [1.165, 1.54) is 27.4 Å². The van der Waals surface area contributed by atoms with Crippen LogP contribution in [0, 0.1) is 11.3 Å². The molecule has 2 N–H and O–H groups in total. The molecule has 1 fully saturated rings. The number of cyclic esters (lactones) is 2. The number of nitrogens with one attached hydrogen (secondary N) is 2. The zero-order chi connectivity index (χ0) is 25.0. The van der Waals surface area contributed by atoms with E-state index in [0.717, 1.165) is 5.56 Å². The summed E-state index contributed by atoms with van der Waals surface area (Å²) in [6.45, 7) is 3.20. The van der Waals surface area contributed by atoms with Crippen LogP contribution in [0.2, 0.25) is 0 Å². The molecule has 1 aliphatic rings. The van der Waals surface area contributed by atoms with E-state index < -0.39 is 17.7 Å². The minimum absolute atomic E-state index is 0.0920. The third-order valence-electron chi connectivity index (χ3n) is 5.06. The Bertz CT molecular complexity index is 1300. The van der Waals surface area contributed by atoms with Gasteiger partial charge in [0.1, 0.15) is 11.6 Å². The smallest absolute Gasteiger partial charge is 0.352 e. The maximum Gasteiger partial charge on any atom is 0.352 e. The van der Waals surface area contributed by atoms with Crippen molar-refractivity contribution in [2.75, 3.05) is 12.4 Å². The third kappa shape index (κ3) is 5.25. The van der Waals surface area contributed by atoms with Crippen molar-refractivity contribution in [3.8, 4) is 23.1 Å². The summed E-state index contributed by atoms with van der Waals surface area (Å²) in [7, 11) is 1.51. The lowest BCUT2D eigenvalue weighted by atomic mass is 10.1. The van der Waals surface area contributed by atoms with Crippen molar-refractivity contribution in [1.29, 1.82) is 5.26 Å². The first-order chi connectivity index (χ1) is 16.8. The molecule has 10 nitrogen and oxygen atoms in total. The number of carbonyl (C=O) groups is 2. The summed E-state index contributed by atoms with van der Waals surface area (Å²) in [6, 6.07) is 14.1. The summed E-state index contributed by atoms with van der Waals surface area (Å²) in [4.78, 5) is 29.4. The van der Waals surface area contributed by atoms with E-state index in [-0.39, 0.29) is 17.9 Å². The molecule has 35 heavy (non-hydrogen) atoms. The maximum atomic E-state index is 12.7. The highest BCUT2D eigenvalue weighted by molar-refractivity contribution is 6.16. The van der Waals surface area contributed by atoms with Crippen LogP contribution in [0.3, 0.4) is 0 Å². The quantitative estimate of drug-likeness (QED) is 0.298. The molecule has 0 bridgehead atoms. The van der Waals surface area contributed by atoms with Crippen molar-refractivity contribution in [2.24, 2.45) is 0 Å². The molecule has 1 saturated heterocycles. The number of rotatable bonds is 7. The van der Waals surface area contributed by atoms with E-state index in [1.54, 1.807) is 48.7 Å². The highest BCUT2D eigenvalue weighted by Gasteiger charge is 2.41. The minimum atomic E-state index is -1.38. The van der Waals surface area contributed by atoms with Crippen LogP contribution >= 0.6 is 0 Å². The van der Waals surface area contributed by atoms with E-state index in [9.17, 15) is 9.59 Å². The Kier molecular flexibility index (Phi) is 6.42. The summed E-state index contributed by atoms with van der Waals surface area (Å²) < 4.78 is 21.4. The minimum Gasteiger partial charge on any atom is -0.496 e. The van der Waals surface area contributed by atoms with Crippen LogP contribution in [0.1, 0.15) is 25.0 Å². The molecule has 0 aliphatic carbocycles. The number of hydrogen-bond donors (Lipinski definition) is 2. The van der Waals surface area contributed by atoms with Crippen LogP contribution in [0.15, 0.2) is 70.9 Å². The second-order valence-electron chi connectivity index (χ2n) is 8.00. The lowest BCUT2D eigenvalue weighted by Crippen LogP contribution is -2.44. The second-order valence-corrected chi connectivity index (χ2v) is 8.00. The van der Waals surface area contributed by atoms with Crippen molar-refractivity contribution in [3.05, 3.63) is 77.6 Å². The van der Waals surface area contributed by atoms with Gasteiger partial charge in [-0.15, -0.1) is 0 Å². The molecule has 0 unspecified atom stereocenters. The Hall–Kier alpha value is -4.78. The molecule has 10 heteroatoms. The summed E-state index contributed by atoms with van der Waals surface area (Å²) >= 11 is 0. The number of anilines is 1. The first-order valence-electron chi connectivity index (χ1n) is 10.6. The molecule has 4 rings (SSSR count). The molecule has 0 atom stereocenters. The lowest BCUT2D eigenvalue weighted by molar-refractivity contribution is -0.222. The van der Waals surface area contributed by atoms with Crippen LogP contribution in [-0.2, 0) is 25.6 Å². The second kappa shape index (κ2) is 9.61. The number of methoxy groups -OCH3 is 1. The van der Waals surface area contributed by atoms with Crippen LogP contribution in [0.5, 0.6) is 5.75 Å². The highest BCUT2D eigenvalue weighted by atomic mass is 16.7. The van der Waals surface area contributed by atoms with Crippen LogP contribution in [0.4, 0.5) is 5.69 Å². The first kappa shape index (κ1) is 23.4. The maximum absolute atomic E-state index is 12.7. The average Bonchev–Trinajstić information content (AvgIpc) is 3.36. The number of oxazole rings is 1. The number of ether oxygens (including phenoxy) is 3. The molecular formula is C25H22N4O6. The van der Waals surface area contributed by atoms with Gasteiger partial charge in [-0.05, 0) is 29.8 Å². The van der Waals surface area contributed by atoms with Gasteiger partial charge in [0, 0.05) is 32.1 Å². The summed E-state index contributed by atoms with van der Waals surface area (Å²) in [5, 5.41) is 15.1. The lowest BCUT2D eigenvalue weighted by Gasteiger charge is -2.31. The zero-order valence-corrected chi connectivity index (χ0v) is 19.2. The van der Waals surface area contributed by atoms with Gasteiger partial charge < -0.3 is 29.3 Å². The fourth-order valence-corrected chi connectivity index (χ4v) is 3.41. The number of nitriles is 1. The van der Waals surface area contributed by atoms with E-state index in [0.29, 0.717) is 28.3 Å². The molecule has 1 aromatic heterocycles. The molecule has 0 spiro atoms. The monoisotopic (exact) mass is 474 g/mol. The van der Waals surface area contributed by atoms with Gasteiger partial charge in [-0.2, -0.15) is 5.26 Å². The fourth-order valence-electron chi connectivity index (χ4n) is 3.41. The molecule has 2 aromatic carbocycles. The standard InChI is InChI=1S/C25H22N4O6/c1-25(2)34-23(30)21(24(31)35-25)22(28-12-16-6-4-15(11-26)5-7-16)29-17-8-9-18(19(10-17)32-3)20-13-27-14-33-20/h4-10,13-14,28-29H,12H2,1-3H3. The van der Waals surface area contributed by atoms with Gasteiger partial charge in [-0.1, -0.05) is 12.1 Å². The Labute approximate surface area is 201 Å². The van der Waals surface area contributed by atoms with Crippen LogP contribution in [-0.4, -0.2) is 29.8 Å². The number of esters is 2. The van der Waals surface area contributed by atoms with Crippen molar-refractivity contribution in [1.82, 2.24) is 10.3 Å². The molecule has 0 saturated carbocycles. The number of aromatic nitrogens is 1. The predicted octanol–water partition coefficient (Wildman–Crippen LogP) is 3.47. The van der Waals surface area contributed by atoms with Gasteiger partial charge in [0.05, 0.1) is 30.5 Å². The van der Waals surface area contributed by atoms with Gasteiger partial charge in [0.15, 0.2) is 17.7 Å². The third-order valence-corrected chi connectivity index (χ3v) is 5.06. The molecule has 0 amide bonds. The molecular weight excluding hydrogens is 452 g/mol. The summed E-state index contributed by atoms with van der Waals surface area (Å²) in [5.41, 5.74) is 2.22. The number of benzene rings is 2. The average molecular weight is 474 g/mol. The van der Waals surface area contributed by atoms with Crippen molar-refractivity contribution >= 4 is 17.6 Å². The largest absolute Gasteiger partial charge is 0.496 e. The molecule has 178 valence electrons. The highest BCUT2D eigenvalue weighted by Crippen LogP contribution is 2.33. The number of carbonyl (C=O) groups excluding carboxylic acids is 2. The number of hydrogen-bond acceptors (Lipinski definition) is 10. The van der Waals surface area contributed by atoms with Gasteiger partial charge >= 0.3 is 11.9 Å². The van der Waals surface area contributed by atoms with Gasteiger partial charge in [0.25, 0.3) is 5.79 Å². The Balaban J connectivity index is 1.67. The summed E-state index contributed by atoms with van der Waals surface area (Å²) in [6.07, 6.45) is 2.88. The fraction of sp³-hybridized carbons (Fsp3) is 0.200. The van der Waals surface area contributed by atoms with Crippen LogP contribution in [0.25, 0.3) is 11.3 Å².